The minimum atomic E-state index is -0.603. The van der Waals surface area contributed by atoms with E-state index in [1.54, 1.807) is 0 Å². The van der Waals surface area contributed by atoms with Crippen molar-refractivity contribution in [2.24, 2.45) is 5.73 Å². The highest BCUT2D eigenvalue weighted by Crippen LogP contribution is 2.33. The molecule has 3 N–H and O–H groups in total. The third kappa shape index (κ3) is 2.25. The molecule has 0 atom stereocenters. The number of carbonyl (C=O) groups excluding carboxylic acids is 1. The Bertz CT molecular complexity index is 408. The molecule has 1 amide bonds. The first-order valence-corrected chi connectivity index (χ1v) is 5.71. The summed E-state index contributed by atoms with van der Waals surface area (Å²) >= 11 is 0. The molecule has 0 spiro atoms. The Labute approximate surface area is 96.0 Å². The van der Waals surface area contributed by atoms with Crippen molar-refractivity contribution in [3.8, 4) is 0 Å². The van der Waals surface area contributed by atoms with Crippen molar-refractivity contribution in [2.75, 3.05) is 5.32 Å². The molecule has 3 heteroatoms. The zero-order chi connectivity index (χ0) is 11.8. The molecule has 2 rings (SSSR count). The Morgan fingerprint density at radius 3 is 2.69 bits per heavy atom. The van der Waals surface area contributed by atoms with E-state index in [9.17, 15) is 4.79 Å². The van der Waals surface area contributed by atoms with Crippen LogP contribution in [-0.4, -0.2) is 11.4 Å². The van der Waals surface area contributed by atoms with E-state index < -0.39 is 5.54 Å². The number of anilines is 1. The average molecular weight is 218 g/mol. The smallest absolute Gasteiger partial charge is 0.244 e. The molecule has 0 aliphatic heterocycles. The largest absolute Gasteiger partial charge is 0.324 e. The average Bonchev–Trinajstić information content (AvgIpc) is 2.98. The lowest BCUT2D eigenvalue weighted by atomic mass is 10.0. The van der Waals surface area contributed by atoms with E-state index in [-0.39, 0.29) is 5.91 Å². The predicted octanol–water partition coefficient (Wildman–Crippen LogP) is 2.24. The molecule has 0 heterocycles. The maximum Gasteiger partial charge on any atom is 0.244 e. The lowest BCUT2D eigenvalue weighted by molar-refractivity contribution is -0.118. The van der Waals surface area contributed by atoms with Crippen LogP contribution in [0.3, 0.4) is 0 Å². The van der Waals surface area contributed by atoms with Crippen molar-refractivity contribution in [3.05, 3.63) is 29.8 Å². The van der Waals surface area contributed by atoms with Gasteiger partial charge in [0, 0.05) is 5.69 Å². The van der Waals surface area contributed by atoms with Crippen molar-refractivity contribution in [3.63, 3.8) is 0 Å². The van der Waals surface area contributed by atoms with Gasteiger partial charge in [-0.05, 0) is 36.5 Å². The maximum absolute atomic E-state index is 11.7. The number of rotatable bonds is 3. The van der Waals surface area contributed by atoms with E-state index in [0.717, 1.165) is 18.5 Å². The van der Waals surface area contributed by atoms with E-state index in [0.29, 0.717) is 5.92 Å². The van der Waals surface area contributed by atoms with Gasteiger partial charge in [0.25, 0.3) is 0 Å². The summed E-state index contributed by atoms with van der Waals surface area (Å²) in [4.78, 5) is 11.7. The Morgan fingerprint density at radius 2 is 2.12 bits per heavy atom. The first-order valence-electron chi connectivity index (χ1n) is 5.71. The second-order valence-corrected chi connectivity index (χ2v) is 4.89. The highest BCUT2D eigenvalue weighted by molar-refractivity contribution is 6.00. The van der Waals surface area contributed by atoms with Crippen LogP contribution in [0, 0.1) is 0 Å². The highest BCUT2D eigenvalue weighted by atomic mass is 16.2. The van der Waals surface area contributed by atoms with Crippen molar-refractivity contribution < 1.29 is 4.79 Å². The monoisotopic (exact) mass is 218 g/mol. The van der Waals surface area contributed by atoms with Crippen molar-refractivity contribution in [1.29, 1.82) is 0 Å². The molecule has 16 heavy (non-hydrogen) atoms. The molecule has 0 saturated heterocycles. The molecule has 0 radical (unpaired) electrons. The summed E-state index contributed by atoms with van der Waals surface area (Å²) in [5.74, 6) is 0.401. The maximum atomic E-state index is 11.7. The lowest BCUT2D eigenvalue weighted by Gasteiger charge is -2.12. The van der Waals surface area contributed by atoms with Crippen LogP contribution in [0.2, 0.25) is 0 Å². The third-order valence-corrected chi connectivity index (χ3v) is 3.05. The van der Waals surface area contributed by atoms with E-state index >= 15 is 0 Å². The SMILES string of the molecule is CC(C)c1cccc(NC(=O)C2(N)CC2)c1. The van der Waals surface area contributed by atoms with E-state index in [1.165, 1.54) is 5.56 Å². The molecule has 86 valence electrons. The molecule has 3 nitrogen and oxygen atoms in total. The standard InChI is InChI=1S/C13H18N2O/c1-9(2)10-4-3-5-11(8-10)15-12(16)13(14)6-7-13/h3-5,8-9H,6-7,14H2,1-2H3,(H,15,16). The number of nitrogens with one attached hydrogen (secondary N) is 1. The number of nitrogens with two attached hydrogens (primary N) is 1. The number of hydrogen-bond donors (Lipinski definition) is 2. The van der Waals surface area contributed by atoms with Gasteiger partial charge in [-0.2, -0.15) is 0 Å². The van der Waals surface area contributed by atoms with Gasteiger partial charge in [0.1, 0.15) is 0 Å². The molecular weight excluding hydrogens is 200 g/mol. The van der Waals surface area contributed by atoms with Crippen LogP contribution in [0.1, 0.15) is 38.2 Å². The van der Waals surface area contributed by atoms with Gasteiger partial charge in [0.15, 0.2) is 0 Å². The van der Waals surface area contributed by atoms with Crippen LogP contribution < -0.4 is 11.1 Å². The minimum Gasteiger partial charge on any atom is -0.324 e. The summed E-state index contributed by atoms with van der Waals surface area (Å²) in [6.07, 6.45) is 1.59. The normalized spacial score (nSPS) is 17.2. The number of benzene rings is 1. The van der Waals surface area contributed by atoms with Gasteiger partial charge >= 0.3 is 0 Å². The first kappa shape index (κ1) is 11.1. The Hall–Kier alpha value is -1.35. The molecule has 0 unspecified atom stereocenters. The van der Waals surface area contributed by atoms with Crippen LogP contribution in [0.5, 0.6) is 0 Å². The van der Waals surface area contributed by atoms with Crippen molar-refractivity contribution >= 4 is 11.6 Å². The van der Waals surface area contributed by atoms with Gasteiger partial charge in [-0.3, -0.25) is 4.79 Å². The quantitative estimate of drug-likeness (QED) is 0.817. The van der Waals surface area contributed by atoms with Gasteiger partial charge in [0.2, 0.25) is 5.91 Å². The minimum absolute atomic E-state index is 0.0617. The fourth-order valence-corrected chi connectivity index (χ4v) is 1.59. The van der Waals surface area contributed by atoms with Crippen LogP contribution in [0.15, 0.2) is 24.3 Å². The molecule has 1 aromatic carbocycles. The summed E-state index contributed by atoms with van der Waals surface area (Å²) in [6.45, 7) is 4.26. The highest BCUT2D eigenvalue weighted by Gasteiger charge is 2.45. The van der Waals surface area contributed by atoms with Gasteiger partial charge in [-0.1, -0.05) is 26.0 Å². The molecule has 1 fully saturated rings. The van der Waals surface area contributed by atoms with E-state index in [1.807, 2.05) is 18.2 Å². The number of hydrogen-bond acceptors (Lipinski definition) is 2. The first-order chi connectivity index (χ1) is 7.51. The summed E-state index contributed by atoms with van der Waals surface area (Å²) in [7, 11) is 0. The summed E-state index contributed by atoms with van der Waals surface area (Å²) in [5, 5.41) is 2.88. The molecule has 0 bridgehead atoms. The Balaban J connectivity index is 2.09. The van der Waals surface area contributed by atoms with E-state index in [4.69, 9.17) is 5.73 Å². The molecule has 1 aliphatic rings. The van der Waals surface area contributed by atoms with Gasteiger partial charge < -0.3 is 11.1 Å². The molecule has 1 aromatic rings. The van der Waals surface area contributed by atoms with Crippen molar-refractivity contribution in [1.82, 2.24) is 0 Å². The van der Waals surface area contributed by atoms with Gasteiger partial charge in [0.05, 0.1) is 5.54 Å². The second kappa shape index (κ2) is 3.91. The van der Waals surface area contributed by atoms with Gasteiger partial charge in [-0.15, -0.1) is 0 Å². The molecule has 1 aliphatic carbocycles. The fourth-order valence-electron chi connectivity index (χ4n) is 1.59. The summed E-state index contributed by atoms with van der Waals surface area (Å²) in [6, 6.07) is 7.93. The fraction of sp³-hybridized carbons (Fsp3) is 0.462. The Morgan fingerprint density at radius 1 is 1.44 bits per heavy atom. The number of amides is 1. The zero-order valence-electron chi connectivity index (χ0n) is 9.79. The topological polar surface area (TPSA) is 55.1 Å². The second-order valence-electron chi connectivity index (χ2n) is 4.89. The Kier molecular flexibility index (Phi) is 2.72. The lowest BCUT2D eigenvalue weighted by Crippen LogP contribution is -2.37. The van der Waals surface area contributed by atoms with Crippen LogP contribution in [0.25, 0.3) is 0 Å². The molecular formula is C13H18N2O. The van der Waals surface area contributed by atoms with E-state index in [2.05, 4.69) is 25.2 Å². The van der Waals surface area contributed by atoms with Gasteiger partial charge in [-0.25, -0.2) is 0 Å². The molecule has 1 saturated carbocycles. The van der Waals surface area contributed by atoms with Crippen molar-refractivity contribution in [2.45, 2.75) is 38.1 Å². The third-order valence-electron chi connectivity index (χ3n) is 3.05. The summed E-state index contributed by atoms with van der Waals surface area (Å²) < 4.78 is 0. The molecule has 0 aromatic heterocycles. The van der Waals surface area contributed by atoms with Crippen LogP contribution in [0.4, 0.5) is 5.69 Å². The predicted molar refractivity (Wildman–Crippen MR) is 65.3 cm³/mol. The summed E-state index contributed by atoms with van der Waals surface area (Å²) in [5.41, 5.74) is 7.28. The number of carbonyl (C=O) groups is 1. The van der Waals surface area contributed by atoms with Crippen LogP contribution in [-0.2, 0) is 4.79 Å². The zero-order valence-corrected chi connectivity index (χ0v) is 9.79. The van der Waals surface area contributed by atoms with Crippen LogP contribution >= 0.6 is 0 Å².